The van der Waals surface area contributed by atoms with E-state index in [-0.39, 0.29) is 24.2 Å². The van der Waals surface area contributed by atoms with Crippen molar-refractivity contribution in [2.45, 2.75) is 25.1 Å². The Morgan fingerprint density at radius 2 is 1.89 bits per heavy atom. The maximum atomic E-state index is 13.8. The van der Waals surface area contributed by atoms with Gasteiger partial charge in [0.1, 0.15) is 5.69 Å². The van der Waals surface area contributed by atoms with Crippen LogP contribution in [0.2, 0.25) is 0 Å². The Bertz CT molecular complexity index is 1640. The Hall–Kier alpha value is -3.84. The standard InChI is InChI=1S/C25H23F3N6O3S/c1-14-9-15(7-8-29-14)22-18-10-16(11-30-23(18)33-32-22)24(35)31-21-13-34(38(2,36)37)12-19(21)17-5-3-4-6-20(17)25(26,27)28/h3-11,19,21H,12-13H2,1-2H3,(H,31,35)(H,30,32,33). The number of nitrogens with one attached hydrogen (secondary N) is 2. The first-order valence-electron chi connectivity index (χ1n) is 11.6. The lowest BCUT2D eigenvalue weighted by atomic mass is 9.90. The molecular weight excluding hydrogens is 521 g/mol. The molecule has 0 radical (unpaired) electrons. The summed E-state index contributed by atoms with van der Waals surface area (Å²) in [4.78, 5) is 21.7. The number of nitrogens with zero attached hydrogens (tertiary/aromatic N) is 4. The SMILES string of the molecule is Cc1cc(-c2n[nH]c3ncc(C(=O)NC4CN(S(C)(=O)=O)CC4c4ccccc4C(F)(F)F)cc23)ccn1. The third-order valence-corrected chi connectivity index (χ3v) is 7.82. The molecule has 2 atom stereocenters. The second-order valence-electron chi connectivity index (χ2n) is 9.23. The monoisotopic (exact) mass is 544 g/mol. The van der Waals surface area contributed by atoms with Crippen LogP contribution in [-0.4, -0.2) is 64.2 Å². The maximum Gasteiger partial charge on any atom is 0.416 e. The number of pyridine rings is 2. The van der Waals surface area contributed by atoms with E-state index in [0.29, 0.717) is 16.7 Å². The zero-order valence-electron chi connectivity index (χ0n) is 20.3. The van der Waals surface area contributed by atoms with Crippen LogP contribution < -0.4 is 5.32 Å². The number of aryl methyl sites for hydroxylation is 1. The van der Waals surface area contributed by atoms with E-state index in [1.54, 1.807) is 18.3 Å². The number of fused-ring (bicyclic) bond motifs is 1. The first-order chi connectivity index (χ1) is 17.9. The number of alkyl halides is 3. The van der Waals surface area contributed by atoms with Gasteiger partial charge in [0.05, 0.1) is 23.4 Å². The number of hydrogen-bond acceptors (Lipinski definition) is 6. The molecule has 9 nitrogen and oxygen atoms in total. The van der Waals surface area contributed by atoms with E-state index in [2.05, 4.69) is 25.5 Å². The summed E-state index contributed by atoms with van der Waals surface area (Å²) in [6, 6.07) is 9.32. The summed E-state index contributed by atoms with van der Waals surface area (Å²) in [5.74, 6) is -1.50. The van der Waals surface area contributed by atoms with Gasteiger partial charge in [-0.1, -0.05) is 18.2 Å². The molecule has 0 saturated carbocycles. The summed E-state index contributed by atoms with van der Waals surface area (Å²) in [5, 5.41) is 10.5. The average molecular weight is 545 g/mol. The van der Waals surface area contributed by atoms with E-state index in [4.69, 9.17) is 0 Å². The second-order valence-corrected chi connectivity index (χ2v) is 11.2. The number of rotatable bonds is 5. The van der Waals surface area contributed by atoms with Gasteiger partial charge in [0.2, 0.25) is 10.0 Å². The topological polar surface area (TPSA) is 121 Å². The van der Waals surface area contributed by atoms with Crippen LogP contribution in [0.4, 0.5) is 13.2 Å². The summed E-state index contributed by atoms with van der Waals surface area (Å²) < 4.78 is 66.9. The maximum absolute atomic E-state index is 13.8. The molecule has 38 heavy (non-hydrogen) atoms. The van der Waals surface area contributed by atoms with Gasteiger partial charge < -0.3 is 5.32 Å². The number of aromatic nitrogens is 4. The van der Waals surface area contributed by atoms with Gasteiger partial charge in [-0.25, -0.2) is 13.4 Å². The lowest BCUT2D eigenvalue weighted by Crippen LogP contribution is -2.40. The largest absolute Gasteiger partial charge is 0.416 e. The van der Waals surface area contributed by atoms with Gasteiger partial charge in [-0.15, -0.1) is 0 Å². The molecule has 1 aromatic carbocycles. The van der Waals surface area contributed by atoms with Gasteiger partial charge in [0, 0.05) is 48.0 Å². The van der Waals surface area contributed by atoms with Crippen molar-refractivity contribution >= 4 is 27.0 Å². The molecule has 198 valence electrons. The van der Waals surface area contributed by atoms with E-state index in [0.717, 1.165) is 27.9 Å². The second kappa shape index (κ2) is 9.48. The van der Waals surface area contributed by atoms with Gasteiger partial charge in [-0.2, -0.15) is 22.6 Å². The summed E-state index contributed by atoms with van der Waals surface area (Å²) >= 11 is 0. The Kier molecular flexibility index (Phi) is 6.43. The molecule has 5 rings (SSSR count). The molecule has 1 aliphatic heterocycles. The number of halogens is 3. The van der Waals surface area contributed by atoms with Crippen LogP contribution in [0.3, 0.4) is 0 Å². The van der Waals surface area contributed by atoms with Gasteiger partial charge in [-0.05, 0) is 36.8 Å². The molecule has 0 aliphatic carbocycles. The fourth-order valence-electron chi connectivity index (χ4n) is 4.77. The van der Waals surface area contributed by atoms with Crippen molar-refractivity contribution < 1.29 is 26.4 Å². The van der Waals surface area contributed by atoms with E-state index in [9.17, 15) is 26.4 Å². The molecule has 1 saturated heterocycles. The normalized spacial score (nSPS) is 18.7. The molecule has 2 unspecified atom stereocenters. The first-order valence-corrected chi connectivity index (χ1v) is 13.5. The van der Waals surface area contributed by atoms with Crippen LogP contribution >= 0.6 is 0 Å². The lowest BCUT2D eigenvalue weighted by molar-refractivity contribution is -0.138. The predicted octanol–water partition coefficient (Wildman–Crippen LogP) is 3.50. The Labute approximate surface area is 216 Å². The fraction of sp³-hybridized carbons (Fsp3) is 0.280. The van der Waals surface area contributed by atoms with Crippen molar-refractivity contribution in [1.29, 1.82) is 0 Å². The highest BCUT2D eigenvalue weighted by Crippen LogP contribution is 2.39. The number of benzene rings is 1. The molecule has 2 N–H and O–H groups in total. The van der Waals surface area contributed by atoms with Crippen molar-refractivity contribution in [2.24, 2.45) is 0 Å². The van der Waals surface area contributed by atoms with Crippen molar-refractivity contribution in [3.63, 3.8) is 0 Å². The number of amides is 1. The zero-order chi connectivity index (χ0) is 27.2. The van der Waals surface area contributed by atoms with Crippen LogP contribution in [0, 0.1) is 6.92 Å². The highest BCUT2D eigenvalue weighted by Gasteiger charge is 2.43. The third-order valence-electron chi connectivity index (χ3n) is 6.59. The Morgan fingerprint density at radius 1 is 1.13 bits per heavy atom. The average Bonchev–Trinajstić information content (AvgIpc) is 3.47. The molecule has 4 heterocycles. The highest BCUT2D eigenvalue weighted by molar-refractivity contribution is 7.88. The van der Waals surface area contributed by atoms with Crippen LogP contribution in [0.15, 0.2) is 54.9 Å². The van der Waals surface area contributed by atoms with Crippen LogP contribution in [0.1, 0.15) is 33.1 Å². The number of carbonyl (C=O) groups is 1. The summed E-state index contributed by atoms with van der Waals surface area (Å²) in [5.41, 5.74) is 1.79. The summed E-state index contributed by atoms with van der Waals surface area (Å²) in [6.07, 6.45) is -0.675. The third kappa shape index (κ3) is 4.98. The predicted molar refractivity (Wildman–Crippen MR) is 134 cm³/mol. The molecule has 1 aliphatic rings. The summed E-state index contributed by atoms with van der Waals surface area (Å²) in [6.45, 7) is 1.48. The van der Waals surface area contributed by atoms with E-state index >= 15 is 0 Å². The molecule has 3 aromatic heterocycles. The molecule has 0 spiro atoms. The molecule has 4 aromatic rings. The molecular formula is C25H23F3N6O3S. The van der Waals surface area contributed by atoms with Crippen molar-refractivity contribution in [2.75, 3.05) is 19.3 Å². The molecule has 1 fully saturated rings. The molecule has 13 heteroatoms. The van der Waals surface area contributed by atoms with Crippen molar-refractivity contribution in [1.82, 2.24) is 29.8 Å². The fourth-order valence-corrected chi connectivity index (χ4v) is 5.63. The van der Waals surface area contributed by atoms with E-state index in [1.807, 2.05) is 13.0 Å². The molecule has 0 bridgehead atoms. The zero-order valence-corrected chi connectivity index (χ0v) is 21.1. The quantitative estimate of drug-likeness (QED) is 0.397. The Balaban J connectivity index is 1.48. The van der Waals surface area contributed by atoms with Crippen LogP contribution in [-0.2, 0) is 16.2 Å². The number of carbonyl (C=O) groups excluding carboxylic acids is 1. The van der Waals surface area contributed by atoms with E-state index in [1.165, 1.54) is 24.4 Å². The van der Waals surface area contributed by atoms with E-state index < -0.39 is 39.6 Å². The minimum atomic E-state index is -4.64. The van der Waals surface area contributed by atoms with Gasteiger partial charge in [-0.3, -0.25) is 14.9 Å². The van der Waals surface area contributed by atoms with Gasteiger partial charge in [0.25, 0.3) is 5.91 Å². The van der Waals surface area contributed by atoms with Crippen LogP contribution in [0.25, 0.3) is 22.3 Å². The number of hydrogen-bond donors (Lipinski definition) is 2. The van der Waals surface area contributed by atoms with Crippen molar-refractivity contribution in [3.8, 4) is 11.3 Å². The van der Waals surface area contributed by atoms with Crippen LogP contribution in [0.5, 0.6) is 0 Å². The number of aromatic amines is 1. The number of H-pyrrole nitrogens is 1. The summed E-state index contributed by atoms with van der Waals surface area (Å²) in [7, 11) is -3.72. The lowest BCUT2D eigenvalue weighted by Gasteiger charge is -2.23. The van der Waals surface area contributed by atoms with Gasteiger partial charge in [0.15, 0.2) is 5.65 Å². The first kappa shape index (κ1) is 25.8. The van der Waals surface area contributed by atoms with Gasteiger partial charge >= 0.3 is 6.18 Å². The minimum Gasteiger partial charge on any atom is -0.347 e. The number of sulfonamides is 1. The Morgan fingerprint density at radius 3 is 2.61 bits per heavy atom. The minimum absolute atomic E-state index is 0.0739. The highest BCUT2D eigenvalue weighted by atomic mass is 32.2. The molecule has 1 amide bonds. The smallest absolute Gasteiger partial charge is 0.347 e. The van der Waals surface area contributed by atoms with Crippen molar-refractivity contribution in [3.05, 3.63) is 77.2 Å².